The molecule has 0 aliphatic carbocycles. The molecule has 0 bridgehead atoms. The Kier molecular flexibility index (Phi) is 3.17. The van der Waals surface area contributed by atoms with Gasteiger partial charge in [0, 0.05) is 30.3 Å². The Labute approximate surface area is 104 Å². The van der Waals surface area contributed by atoms with Crippen molar-refractivity contribution in [2.75, 3.05) is 18.1 Å². The maximum atomic E-state index is 9.48. The molecule has 0 radical (unpaired) electrons. The maximum absolute atomic E-state index is 9.48. The molecule has 1 atom stereocenters. The molecule has 2 nitrogen and oxygen atoms in total. The van der Waals surface area contributed by atoms with Crippen LogP contribution >= 0.6 is 0 Å². The highest BCUT2D eigenvalue weighted by Gasteiger charge is 2.41. The second kappa shape index (κ2) is 4.34. The van der Waals surface area contributed by atoms with Crippen LogP contribution in [0.4, 0.5) is 5.69 Å². The predicted octanol–water partition coefficient (Wildman–Crippen LogP) is 2.90. The van der Waals surface area contributed by atoms with Crippen LogP contribution in [0.3, 0.4) is 0 Å². The molecule has 0 amide bonds. The Morgan fingerprint density at radius 3 is 2.35 bits per heavy atom. The molecular weight excluding hydrogens is 210 g/mol. The molecule has 0 spiro atoms. The van der Waals surface area contributed by atoms with Crippen molar-refractivity contribution in [1.29, 1.82) is 0 Å². The summed E-state index contributed by atoms with van der Waals surface area (Å²) in [6, 6.07) is 6.45. The maximum Gasteiger partial charge on any atom is 0.0482 e. The van der Waals surface area contributed by atoms with E-state index in [0.29, 0.717) is 5.92 Å². The largest absolute Gasteiger partial charge is 0.396 e. The number of aryl methyl sites for hydroxylation is 2. The SMILES string of the molecule is Cc1cccc(C)c1N1CCC(CO)C1(C)C. The van der Waals surface area contributed by atoms with E-state index in [-0.39, 0.29) is 12.1 Å². The third kappa shape index (κ3) is 1.95. The standard InChI is InChI=1S/C15H23NO/c1-11-6-5-7-12(2)14(11)16-9-8-13(10-17)15(16,3)4/h5-7,13,17H,8-10H2,1-4H3. The Morgan fingerprint density at radius 1 is 1.29 bits per heavy atom. The average Bonchev–Trinajstić information content (AvgIpc) is 2.54. The highest BCUT2D eigenvalue weighted by molar-refractivity contribution is 5.61. The minimum absolute atomic E-state index is 0.0472. The Hall–Kier alpha value is -1.02. The van der Waals surface area contributed by atoms with Gasteiger partial charge in [-0.2, -0.15) is 0 Å². The lowest BCUT2D eigenvalue weighted by Crippen LogP contribution is -2.44. The van der Waals surface area contributed by atoms with Crippen LogP contribution in [-0.2, 0) is 0 Å². The van der Waals surface area contributed by atoms with Crippen LogP contribution in [-0.4, -0.2) is 23.8 Å². The first-order valence-corrected chi connectivity index (χ1v) is 6.43. The topological polar surface area (TPSA) is 23.5 Å². The zero-order valence-electron chi connectivity index (χ0n) is 11.3. The molecule has 1 heterocycles. The summed E-state index contributed by atoms with van der Waals surface area (Å²) in [7, 11) is 0. The summed E-state index contributed by atoms with van der Waals surface area (Å²) in [6.45, 7) is 10.2. The molecule has 1 unspecified atom stereocenters. The van der Waals surface area contributed by atoms with E-state index in [0.717, 1.165) is 13.0 Å². The van der Waals surface area contributed by atoms with Crippen molar-refractivity contribution in [3.63, 3.8) is 0 Å². The number of rotatable bonds is 2. The number of para-hydroxylation sites is 1. The first-order valence-electron chi connectivity index (χ1n) is 6.43. The van der Waals surface area contributed by atoms with Gasteiger partial charge >= 0.3 is 0 Å². The molecule has 1 N–H and O–H groups in total. The van der Waals surface area contributed by atoms with E-state index in [9.17, 15) is 5.11 Å². The van der Waals surface area contributed by atoms with Crippen LogP contribution < -0.4 is 4.90 Å². The molecule has 0 saturated carbocycles. The number of hydrogen-bond donors (Lipinski definition) is 1. The van der Waals surface area contributed by atoms with Gasteiger partial charge in [-0.25, -0.2) is 0 Å². The zero-order chi connectivity index (χ0) is 12.6. The van der Waals surface area contributed by atoms with Gasteiger partial charge in [0.05, 0.1) is 0 Å². The molecule has 1 aliphatic heterocycles. The number of aliphatic hydroxyl groups excluding tert-OH is 1. The Bertz CT molecular complexity index is 391. The van der Waals surface area contributed by atoms with Crippen LogP contribution in [0.5, 0.6) is 0 Å². The molecule has 1 aliphatic rings. The van der Waals surface area contributed by atoms with Crippen molar-refractivity contribution < 1.29 is 5.11 Å². The van der Waals surface area contributed by atoms with Gasteiger partial charge in [-0.05, 0) is 45.2 Å². The number of aliphatic hydroxyl groups is 1. The average molecular weight is 233 g/mol. The van der Waals surface area contributed by atoms with Gasteiger partial charge < -0.3 is 10.0 Å². The van der Waals surface area contributed by atoms with Gasteiger partial charge in [0.15, 0.2) is 0 Å². The van der Waals surface area contributed by atoms with Crippen LogP contribution in [0.15, 0.2) is 18.2 Å². The van der Waals surface area contributed by atoms with Crippen molar-refractivity contribution in [1.82, 2.24) is 0 Å². The first kappa shape index (κ1) is 12.4. The Balaban J connectivity index is 2.42. The van der Waals surface area contributed by atoms with E-state index in [4.69, 9.17) is 0 Å². The van der Waals surface area contributed by atoms with Crippen molar-refractivity contribution in [2.24, 2.45) is 5.92 Å². The molecule has 1 aromatic carbocycles. The van der Waals surface area contributed by atoms with Gasteiger partial charge in [0.2, 0.25) is 0 Å². The molecule has 94 valence electrons. The van der Waals surface area contributed by atoms with Crippen molar-refractivity contribution in [2.45, 2.75) is 39.7 Å². The summed E-state index contributed by atoms with van der Waals surface area (Å²) in [5, 5.41) is 9.48. The fourth-order valence-electron chi connectivity index (χ4n) is 3.09. The second-order valence-corrected chi connectivity index (χ2v) is 5.71. The second-order valence-electron chi connectivity index (χ2n) is 5.71. The molecule has 1 fully saturated rings. The van der Waals surface area contributed by atoms with E-state index in [2.05, 4.69) is 50.8 Å². The van der Waals surface area contributed by atoms with Gasteiger partial charge in [0.25, 0.3) is 0 Å². The lowest BCUT2D eigenvalue weighted by molar-refractivity contribution is 0.189. The van der Waals surface area contributed by atoms with E-state index in [1.165, 1.54) is 16.8 Å². The summed E-state index contributed by atoms with van der Waals surface area (Å²) < 4.78 is 0. The molecule has 2 heteroatoms. The zero-order valence-corrected chi connectivity index (χ0v) is 11.3. The van der Waals surface area contributed by atoms with Gasteiger partial charge in [-0.15, -0.1) is 0 Å². The summed E-state index contributed by atoms with van der Waals surface area (Å²) in [6.07, 6.45) is 1.08. The van der Waals surface area contributed by atoms with Crippen LogP contribution in [0.2, 0.25) is 0 Å². The van der Waals surface area contributed by atoms with Gasteiger partial charge in [0.1, 0.15) is 0 Å². The fraction of sp³-hybridized carbons (Fsp3) is 0.600. The summed E-state index contributed by atoms with van der Waals surface area (Å²) in [5.41, 5.74) is 4.06. The van der Waals surface area contributed by atoms with Crippen molar-refractivity contribution in [3.05, 3.63) is 29.3 Å². The molecule has 17 heavy (non-hydrogen) atoms. The van der Waals surface area contributed by atoms with E-state index < -0.39 is 0 Å². The lowest BCUT2D eigenvalue weighted by atomic mass is 9.88. The fourth-order valence-corrected chi connectivity index (χ4v) is 3.09. The number of hydrogen-bond acceptors (Lipinski definition) is 2. The van der Waals surface area contributed by atoms with Gasteiger partial charge in [-0.3, -0.25) is 0 Å². The quantitative estimate of drug-likeness (QED) is 0.849. The summed E-state index contributed by atoms with van der Waals surface area (Å²) >= 11 is 0. The minimum atomic E-state index is 0.0472. The Morgan fingerprint density at radius 2 is 1.88 bits per heavy atom. The normalized spacial score (nSPS) is 23.1. The number of benzene rings is 1. The molecule has 1 saturated heterocycles. The van der Waals surface area contributed by atoms with Crippen LogP contribution in [0.25, 0.3) is 0 Å². The number of anilines is 1. The molecule has 1 aromatic rings. The molecule has 0 aromatic heterocycles. The van der Waals surface area contributed by atoms with E-state index in [1.54, 1.807) is 0 Å². The molecule has 2 rings (SSSR count). The van der Waals surface area contributed by atoms with Gasteiger partial charge in [-0.1, -0.05) is 18.2 Å². The first-order chi connectivity index (χ1) is 7.98. The highest BCUT2D eigenvalue weighted by atomic mass is 16.3. The summed E-state index contributed by atoms with van der Waals surface area (Å²) in [4.78, 5) is 2.47. The van der Waals surface area contributed by atoms with Crippen LogP contribution in [0, 0.1) is 19.8 Å². The third-order valence-corrected chi connectivity index (χ3v) is 4.33. The molecular formula is C15H23NO. The van der Waals surface area contributed by atoms with Crippen molar-refractivity contribution in [3.8, 4) is 0 Å². The monoisotopic (exact) mass is 233 g/mol. The minimum Gasteiger partial charge on any atom is -0.396 e. The highest BCUT2D eigenvalue weighted by Crippen LogP contribution is 2.40. The lowest BCUT2D eigenvalue weighted by Gasteiger charge is -2.39. The number of nitrogens with zero attached hydrogens (tertiary/aromatic N) is 1. The van der Waals surface area contributed by atoms with E-state index >= 15 is 0 Å². The third-order valence-electron chi connectivity index (χ3n) is 4.33. The predicted molar refractivity (Wildman–Crippen MR) is 72.5 cm³/mol. The van der Waals surface area contributed by atoms with Crippen molar-refractivity contribution >= 4 is 5.69 Å². The summed E-state index contributed by atoms with van der Waals surface area (Å²) in [5.74, 6) is 0.376. The van der Waals surface area contributed by atoms with E-state index in [1.807, 2.05) is 0 Å². The smallest absolute Gasteiger partial charge is 0.0482 e. The van der Waals surface area contributed by atoms with Crippen LogP contribution in [0.1, 0.15) is 31.4 Å².